The van der Waals surface area contributed by atoms with Crippen LogP contribution in [0, 0.1) is 11.8 Å². The number of hydrogen-bond acceptors (Lipinski definition) is 4. The van der Waals surface area contributed by atoms with Gasteiger partial charge >= 0.3 is 0 Å². The first-order valence-electron chi connectivity index (χ1n) is 5.59. The van der Waals surface area contributed by atoms with Crippen molar-refractivity contribution in [2.75, 3.05) is 6.54 Å². The molecule has 104 valence electrons. The Morgan fingerprint density at radius 3 is 2.85 bits per heavy atom. The molecule has 2 heterocycles. The fourth-order valence-electron chi connectivity index (χ4n) is 1.45. The Labute approximate surface area is 134 Å². The van der Waals surface area contributed by atoms with E-state index in [1.807, 2.05) is 11.4 Å². The molecule has 0 radical (unpaired) electrons. The smallest absolute Gasteiger partial charge is 0.254 e. The third-order valence-electron chi connectivity index (χ3n) is 2.31. The monoisotopic (exact) mass is 344 g/mol. The normalized spacial score (nSPS) is 9.95. The Morgan fingerprint density at radius 1 is 1.40 bits per heavy atom. The molecule has 0 aliphatic rings. The summed E-state index contributed by atoms with van der Waals surface area (Å²) in [7, 11) is 0. The molecule has 0 unspecified atom stereocenters. The summed E-state index contributed by atoms with van der Waals surface area (Å²) in [6.07, 6.45) is 0. The van der Waals surface area contributed by atoms with Crippen LogP contribution in [0.1, 0.15) is 20.8 Å². The molecule has 2 rings (SSSR count). The van der Waals surface area contributed by atoms with Crippen LogP contribution < -0.4 is 11.1 Å². The summed E-state index contributed by atoms with van der Waals surface area (Å²) in [6.45, 7) is 0.761. The van der Waals surface area contributed by atoms with Crippen molar-refractivity contribution in [2.45, 2.75) is 6.54 Å². The molecule has 0 saturated heterocycles. The third kappa shape index (κ3) is 3.98. The van der Waals surface area contributed by atoms with Gasteiger partial charge in [-0.3, -0.25) is 4.79 Å². The SMILES string of the molecule is NCC#Cc1csc(CNC(=O)c2cc(Cl)sc2Cl)c1. The molecule has 0 atom stereocenters. The number of carbonyl (C=O) groups is 1. The minimum atomic E-state index is -0.235. The molecule has 0 aliphatic heterocycles. The lowest BCUT2D eigenvalue weighted by Crippen LogP contribution is -2.21. The van der Waals surface area contributed by atoms with E-state index >= 15 is 0 Å². The fraction of sp³-hybridized carbons (Fsp3) is 0.154. The summed E-state index contributed by atoms with van der Waals surface area (Å²) < 4.78 is 0.892. The number of nitrogens with one attached hydrogen (secondary N) is 1. The maximum atomic E-state index is 11.9. The summed E-state index contributed by atoms with van der Waals surface area (Å²) in [5.74, 6) is 5.49. The molecule has 0 fully saturated rings. The van der Waals surface area contributed by atoms with Gasteiger partial charge in [-0.05, 0) is 12.1 Å². The number of nitrogens with two attached hydrogens (primary N) is 1. The molecule has 0 saturated carbocycles. The van der Waals surface area contributed by atoms with E-state index in [2.05, 4.69) is 17.2 Å². The Balaban J connectivity index is 1.96. The third-order valence-corrected chi connectivity index (χ3v) is 4.74. The second-order valence-electron chi connectivity index (χ2n) is 3.73. The highest BCUT2D eigenvalue weighted by Crippen LogP contribution is 2.31. The van der Waals surface area contributed by atoms with Crippen LogP contribution in [-0.2, 0) is 6.54 Å². The number of rotatable bonds is 3. The van der Waals surface area contributed by atoms with E-state index in [1.165, 1.54) is 22.7 Å². The zero-order chi connectivity index (χ0) is 14.5. The summed E-state index contributed by atoms with van der Waals surface area (Å²) in [6, 6.07) is 3.49. The van der Waals surface area contributed by atoms with Crippen molar-refractivity contribution < 1.29 is 4.79 Å². The highest BCUT2D eigenvalue weighted by atomic mass is 35.5. The van der Waals surface area contributed by atoms with Gasteiger partial charge in [-0.25, -0.2) is 0 Å². The number of amides is 1. The molecule has 1 amide bonds. The minimum absolute atomic E-state index is 0.235. The van der Waals surface area contributed by atoms with Crippen LogP contribution in [-0.4, -0.2) is 12.5 Å². The summed E-state index contributed by atoms with van der Waals surface area (Å²) >= 11 is 14.4. The maximum Gasteiger partial charge on any atom is 0.254 e. The van der Waals surface area contributed by atoms with Gasteiger partial charge in [0.2, 0.25) is 0 Å². The van der Waals surface area contributed by atoms with Crippen molar-refractivity contribution in [1.82, 2.24) is 5.32 Å². The van der Waals surface area contributed by atoms with Crippen molar-refractivity contribution in [3.63, 3.8) is 0 Å². The number of thiophene rings is 2. The predicted molar refractivity (Wildman–Crippen MR) is 85.8 cm³/mol. The Hall–Kier alpha value is -1.03. The minimum Gasteiger partial charge on any atom is -0.347 e. The fourth-order valence-corrected chi connectivity index (χ4v) is 3.66. The van der Waals surface area contributed by atoms with E-state index in [0.29, 0.717) is 27.3 Å². The molecule has 2 aromatic rings. The van der Waals surface area contributed by atoms with Crippen LogP contribution in [0.5, 0.6) is 0 Å². The first kappa shape index (κ1) is 15.4. The highest BCUT2D eigenvalue weighted by molar-refractivity contribution is 7.20. The zero-order valence-corrected chi connectivity index (χ0v) is 13.3. The predicted octanol–water partition coefficient (Wildman–Crippen LogP) is 3.36. The lowest BCUT2D eigenvalue weighted by molar-refractivity contribution is 0.0952. The molecule has 3 N–H and O–H groups in total. The van der Waals surface area contributed by atoms with E-state index in [4.69, 9.17) is 28.9 Å². The molecule has 20 heavy (non-hydrogen) atoms. The van der Waals surface area contributed by atoms with Gasteiger partial charge in [-0.1, -0.05) is 35.0 Å². The second-order valence-corrected chi connectivity index (χ2v) is 7.01. The Bertz CT molecular complexity index is 682. The van der Waals surface area contributed by atoms with Gasteiger partial charge in [-0.2, -0.15) is 0 Å². The first-order valence-corrected chi connectivity index (χ1v) is 8.04. The second kappa shape index (κ2) is 7.11. The molecular formula is C13H10Cl2N2OS2. The van der Waals surface area contributed by atoms with Gasteiger partial charge < -0.3 is 11.1 Å². The first-order chi connectivity index (χ1) is 9.60. The van der Waals surface area contributed by atoms with E-state index in [-0.39, 0.29) is 5.91 Å². The standard InChI is InChI=1S/C13H10Cl2N2OS2/c14-11-5-10(12(15)20-11)13(18)17-6-9-4-8(7-19-9)2-1-3-16/h4-5,7H,3,6,16H2,(H,17,18). The highest BCUT2D eigenvalue weighted by Gasteiger charge is 2.14. The topological polar surface area (TPSA) is 55.1 Å². The van der Waals surface area contributed by atoms with Gasteiger partial charge in [-0.15, -0.1) is 22.7 Å². The van der Waals surface area contributed by atoms with E-state index in [0.717, 1.165) is 10.4 Å². The lowest BCUT2D eigenvalue weighted by atomic mass is 10.3. The van der Waals surface area contributed by atoms with Gasteiger partial charge in [0.25, 0.3) is 5.91 Å². The van der Waals surface area contributed by atoms with Gasteiger partial charge in [0.1, 0.15) is 4.34 Å². The van der Waals surface area contributed by atoms with Crippen LogP contribution in [0.15, 0.2) is 17.5 Å². The summed E-state index contributed by atoms with van der Waals surface area (Å²) in [5.41, 5.74) is 6.62. The van der Waals surface area contributed by atoms with Gasteiger partial charge in [0.05, 0.1) is 23.0 Å². The van der Waals surface area contributed by atoms with Crippen LogP contribution in [0.3, 0.4) is 0 Å². The average Bonchev–Trinajstić information content (AvgIpc) is 3.00. The number of carbonyl (C=O) groups excluding carboxylic acids is 1. The quantitative estimate of drug-likeness (QED) is 0.838. The van der Waals surface area contributed by atoms with Crippen LogP contribution in [0.4, 0.5) is 0 Å². The molecule has 3 nitrogen and oxygen atoms in total. The van der Waals surface area contributed by atoms with Crippen molar-refractivity contribution in [2.24, 2.45) is 5.73 Å². The van der Waals surface area contributed by atoms with Crippen LogP contribution in [0.2, 0.25) is 8.67 Å². The molecule has 0 spiro atoms. The average molecular weight is 345 g/mol. The summed E-state index contributed by atoms with van der Waals surface area (Å²) in [4.78, 5) is 13.0. The van der Waals surface area contributed by atoms with Gasteiger partial charge in [0.15, 0.2) is 0 Å². The van der Waals surface area contributed by atoms with E-state index in [1.54, 1.807) is 6.07 Å². The van der Waals surface area contributed by atoms with Crippen molar-refractivity contribution >= 4 is 51.8 Å². The Morgan fingerprint density at radius 2 is 2.20 bits per heavy atom. The van der Waals surface area contributed by atoms with Crippen LogP contribution in [0.25, 0.3) is 0 Å². The molecule has 0 aliphatic carbocycles. The number of halogens is 2. The molecule has 0 aromatic carbocycles. The van der Waals surface area contributed by atoms with Gasteiger partial charge in [0, 0.05) is 15.8 Å². The van der Waals surface area contributed by atoms with Crippen LogP contribution >= 0.6 is 45.9 Å². The van der Waals surface area contributed by atoms with Crippen molar-refractivity contribution in [3.8, 4) is 11.8 Å². The van der Waals surface area contributed by atoms with E-state index < -0.39 is 0 Å². The van der Waals surface area contributed by atoms with Crippen molar-refractivity contribution in [3.05, 3.63) is 42.2 Å². The zero-order valence-electron chi connectivity index (χ0n) is 10.2. The lowest BCUT2D eigenvalue weighted by Gasteiger charge is -2.01. The molecular weight excluding hydrogens is 335 g/mol. The maximum absolute atomic E-state index is 11.9. The largest absolute Gasteiger partial charge is 0.347 e. The summed E-state index contributed by atoms with van der Waals surface area (Å²) in [5, 5.41) is 4.73. The molecule has 0 bridgehead atoms. The molecule has 7 heteroatoms. The molecule has 2 aromatic heterocycles. The van der Waals surface area contributed by atoms with E-state index in [9.17, 15) is 4.79 Å². The number of hydrogen-bond donors (Lipinski definition) is 2. The van der Waals surface area contributed by atoms with Crippen molar-refractivity contribution in [1.29, 1.82) is 0 Å². The Kier molecular flexibility index (Phi) is 5.46.